The molecule has 0 saturated heterocycles. The van der Waals surface area contributed by atoms with Crippen LogP contribution in [0, 0.1) is 0 Å². The van der Waals surface area contributed by atoms with Gasteiger partial charge >= 0.3 is 0 Å². The van der Waals surface area contributed by atoms with Gasteiger partial charge in [0, 0.05) is 24.4 Å². The minimum absolute atomic E-state index is 0.743. The van der Waals surface area contributed by atoms with E-state index in [0.29, 0.717) is 0 Å². The topological polar surface area (TPSA) is 52.8 Å². The van der Waals surface area contributed by atoms with Crippen molar-refractivity contribution >= 4 is 0 Å². The van der Waals surface area contributed by atoms with Crippen molar-refractivity contribution in [3.8, 4) is 22.8 Å². The molecule has 3 aromatic rings. The molecule has 0 fully saturated rings. The summed E-state index contributed by atoms with van der Waals surface area (Å²) in [6.07, 6.45) is 6.22. The summed E-state index contributed by atoms with van der Waals surface area (Å²) in [5.74, 6) is 1.69. The Hall–Kier alpha value is -2.69. The molecule has 1 aromatic carbocycles. The molecule has 0 aliphatic carbocycles. The van der Waals surface area contributed by atoms with E-state index in [-0.39, 0.29) is 0 Å². The number of ether oxygens (including phenoxy) is 1. The Morgan fingerprint density at radius 1 is 1.10 bits per heavy atom. The molecule has 0 bridgehead atoms. The highest BCUT2D eigenvalue weighted by Crippen LogP contribution is 2.35. The Morgan fingerprint density at radius 2 is 2.10 bits per heavy atom. The molecule has 0 spiro atoms. The molecule has 2 aromatic heterocycles. The fraction of sp³-hybridized carbons (Fsp3) is 0.133. The number of aromatic nitrogens is 4. The zero-order valence-corrected chi connectivity index (χ0v) is 10.7. The van der Waals surface area contributed by atoms with Gasteiger partial charge in [0.15, 0.2) is 5.82 Å². The summed E-state index contributed by atoms with van der Waals surface area (Å²) >= 11 is 0. The van der Waals surface area contributed by atoms with E-state index in [0.717, 1.165) is 35.9 Å². The van der Waals surface area contributed by atoms with Crippen LogP contribution >= 0.6 is 0 Å². The normalized spacial score (nSPS) is 13.0. The van der Waals surface area contributed by atoms with Gasteiger partial charge in [-0.1, -0.05) is 12.1 Å². The summed E-state index contributed by atoms with van der Waals surface area (Å²) in [7, 11) is 0. The van der Waals surface area contributed by atoms with Crippen molar-refractivity contribution in [1.29, 1.82) is 0 Å². The molecule has 5 heteroatoms. The van der Waals surface area contributed by atoms with E-state index >= 15 is 0 Å². The summed E-state index contributed by atoms with van der Waals surface area (Å²) in [6, 6.07) is 10.0. The molecule has 4 rings (SSSR count). The van der Waals surface area contributed by atoms with Crippen LogP contribution in [-0.4, -0.2) is 26.4 Å². The summed E-state index contributed by atoms with van der Waals surface area (Å²) in [6.45, 7) is 0.743. The maximum absolute atomic E-state index is 5.70. The van der Waals surface area contributed by atoms with Gasteiger partial charge in [-0.05, 0) is 23.8 Å². The number of hydrogen-bond acceptors (Lipinski definition) is 4. The van der Waals surface area contributed by atoms with Crippen LogP contribution in [0.1, 0.15) is 5.56 Å². The molecule has 0 radical (unpaired) electrons. The first kappa shape index (κ1) is 11.2. The SMILES string of the molecule is c1cc2c(c(-c3ccc(-n4ccnc4)nn3)c1)OCC2. The second-order valence-corrected chi connectivity index (χ2v) is 4.64. The molecule has 20 heavy (non-hydrogen) atoms. The molecule has 5 nitrogen and oxygen atoms in total. The second kappa shape index (κ2) is 4.45. The Kier molecular flexibility index (Phi) is 2.48. The molecule has 0 N–H and O–H groups in total. The summed E-state index contributed by atoms with van der Waals surface area (Å²) in [5.41, 5.74) is 3.07. The number of hydrogen-bond donors (Lipinski definition) is 0. The van der Waals surface area contributed by atoms with Gasteiger partial charge in [0.05, 0.1) is 12.3 Å². The van der Waals surface area contributed by atoms with Gasteiger partial charge in [0.1, 0.15) is 12.1 Å². The van der Waals surface area contributed by atoms with Gasteiger partial charge < -0.3 is 4.74 Å². The Morgan fingerprint density at radius 3 is 2.90 bits per heavy atom. The maximum Gasteiger partial charge on any atom is 0.160 e. The highest BCUT2D eigenvalue weighted by Gasteiger charge is 2.17. The minimum Gasteiger partial charge on any atom is -0.492 e. The molecule has 1 aliphatic rings. The fourth-order valence-corrected chi connectivity index (χ4v) is 2.42. The van der Waals surface area contributed by atoms with Crippen molar-refractivity contribution in [3.63, 3.8) is 0 Å². The number of para-hydroxylation sites is 1. The zero-order chi connectivity index (χ0) is 13.4. The summed E-state index contributed by atoms with van der Waals surface area (Å²) in [5, 5.41) is 8.54. The number of rotatable bonds is 2. The first-order valence-electron chi connectivity index (χ1n) is 6.49. The van der Waals surface area contributed by atoms with Crippen LogP contribution in [0.4, 0.5) is 0 Å². The lowest BCUT2D eigenvalue weighted by Gasteiger charge is -2.07. The third-order valence-corrected chi connectivity index (χ3v) is 3.41. The quantitative estimate of drug-likeness (QED) is 0.712. The largest absolute Gasteiger partial charge is 0.492 e. The van der Waals surface area contributed by atoms with Gasteiger partial charge in [-0.3, -0.25) is 4.57 Å². The van der Waals surface area contributed by atoms with Crippen molar-refractivity contribution in [2.75, 3.05) is 6.61 Å². The molecule has 0 atom stereocenters. The second-order valence-electron chi connectivity index (χ2n) is 4.64. The average Bonchev–Trinajstić information content (AvgIpc) is 3.18. The van der Waals surface area contributed by atoms with E-state index < -0.39 is 0 Å². The van der Waals surface area contributed by atoms with Gasteiger partial charge in [0.25, 0.3) is 0 Å². The van der Waals surface area contributed by atoms with Crippen molar-refractivity contribution in [3.05, 3.63) is 54.6 Å². The predicted octanol–water partition coefficient (Wildman–Crippen LogP) is 2.26. The van der Waals surface area contributed by atoms with Gasteiger partial charge in [-0.25, -0.2) is 4.98 Å². The standard InChI is InChI=1S/C15H12N4O/c1-2-11-6-9-20-15(11)12(3-1)13-4-5-14(18-17-13)19-8-7-16-10-19/h1-5,7-8,10H,6,9H2. The number of fused-ring (bicyclic) bond motifs is 1. The van der Waals surface area contributed by atoms with E-state index in [1.807, 2.05) is 35.0 Å². The highest BCUT2D eigenvalue weighted by atomic mass is 16.5. The first-order chi connectivity index (χ1) is 9.92. The lowest BCUT2D eigenvalue weighted by molar-refractivity contribution is 0.358. The molecule has 3 heterocycles. The number of imidazole rings is 1. The molecule has 98 valence electrons. The third-order valence-electron chi connectivity index (χ3n) is 3.41. The summed E-state index contributed by atoms with van der Waals surface area (Å²) < 4.78 is 7.53. The molecule has 0 amide bonds. The smallest absolute Gasteiger partial charge is 0.160 e. The maximum atomic E-state index is 5.70. The van der Waals surface area contributed by atoms with Gasteiger partial charge in [0.2, 0.25) is 0 Å². The molecule has 1 aliphatic heterocycles. The van der Waals surface area contributed by atoms with E-state index in [1.54, 1.807) is 12.5 Å². The van der Waals surface area contributed by atoms with Crippen LogP contribution < -0.4 is 4.74 Å². The number of nitrogens with zero attached hydrogens (tertiary/aromatic N) is 4. The van der Waals surface area contributed by atoms with Crippen LogP contribution in [0.15, 0.2) is 49.1 Å². The average molecular weight is 264 g/mol. The monoisotopic (exact) mass is 264 g/mol. The van der Waals surface area contributed by atoms with Crippen molar-refractivity contribution in [2.45, 2.75) is 6.42 Å². The van der Waals surface area contributed by atoms with E-state index in [1.165, 1.54) is 5.56 Å². The minimum atomic E-state index is 0.743. The molecule has 0 saturated carbocycles. The van der Waals surface area contributed by atoms with E-state index in [9.17, 15) is 0 Å². The lowest BCUT2D eigenvalue weighted by Crippen LogP contribution is -1.98. The third kappa shape index (κ3) is 1.75. The van der Waals surface area contributed by atoms with E-state index in [2.05, 4.69) is 21.2 Å². The first-order valence-corrected chi connectivity index (χ1v) is 6.49. The van der Waals surface area contributed by atoms with Crippen molar-refractivity contribution in [2.24, 2.45) is 0 Å². The molecular weight excluding hydrogens is 252 g/mol. The predicted molar refractivity (Wildman–Crippen MR) is 73.8 cm³/mol. The lowest BCUT2D eigenvalue weighted by atomic mass is 10.1. The zero-order valence-electron chi connectivity index (χ0n) is 10.7. The van der Waals surface area contributed by atoms with Crippen LogP contribution in [-0.2, 0) is 6.42 Å². The Labute approximate surface area is 115 Å². The highest BCUT2D eigenvalue weighted by molar-refractivity contribution is 5.69. The van der Waals surface area contributed by atoms with Gasteiger partial charge in [-0.15, -0.1) is 10.2 Å². The van der Waals surface area contributed by atoms with Crippen molar-refractivity contribution in [1.82, 2.24) is 19.7 Å². The fourth-order valence-electron chi connectivity index (χ4n) is 2.42. The van der Waals surface area contributed by atoms with Crippen LogP contribution in [0.3, 0.4) is 0 Å². The van der Waals surface area contributed by atoms with Crippen molar-refractivity contribution < 1.29 is 4.74 Å². The molecular formula is C15H12N4O. The Bertz CT molecular complexity index is 735. The van der Waals surface area contributed by atoms with Crippen LogP contribution in [0.5, 0.6) is 5.75 Å². The van der Waals surface area contributed by atoms with E-state index in [4.69, 9.17) is 4.74 Å². The van der Waals surface area contributed by atoms with Crippen LogP contribution in [0.25, 0.3) is 17.1 Å². The molecule has 0 unspecified atom stereocenters. The number of benzene rings is 1. The van der Waals surface area contributed by atoms with Gasteiger partial charge in [-0.2, -0.15) is 0 Å². The van der Waals surface area contributed by atoms with Crippen LogP contribution in [0.2, 0.25) is 0 Å². The Balaban J connectivity index is 1.75. The summed E-state index contributed by atoms with van der Waals surface area (Å²) in [4.78, 5) is 4.00.